The first-order valence-electron chi connectivity index (χ1n) is 8.15. The molecular weight excluding hydrogens is 288 g/mol. The van der Waals surface area contributed by atoms with Crippen molar-refractivity contribution in [2.75, 3.05) is 20.2 Å². The van der Waals surface area contributed by atoms with Crippen molar-refractivity contribution in [2.24, 2.45) is 5.92 Å². The molecule has 0 aromatic rings. The van der Waals surface area contributed by atoms with E-state index < -0.39 is 5.54 Å². The first kappa shape index (κ1) is 17.7. The predicted molar refractivity (Wildman–Crippen MR) is 93.6 cm³/mol. The van der Waals surface area contributed by atoms with Gasteiger partial charge in [0.15, 0.2) is 5.78 Å². The number of hydroxylamine groups is 2. The second kappa shape index (κ2) is 6.85. The quantitative estimate of drug-likeness (QED) is 0.809. The maximum absolute atomic E-state index is 13.3. The molecule has 2 aliphatic rings. The molecule has 1 N–H and O–H groups in total. The highest BCUT2D eigenvalue weighted by molar-refractivity contribution is 5.98. The van der Waals surface area contributed by atoms with Crippen molar-refractivity contribution in [1.29, 1.82) is 0 Å². The van der Waals surface area contributed by atoms with Crippen molar-refractivity contribution in [3.05, 3.63) is 47.7 Å². The lowest BCUT2D eigenvalue weighted by Gasteiger charge is -2.37. The van der Waals surface area contributed by atoms with Crippen LogP contribution in [-0.2, 0) is 9.63 Å². The van der Waals surface area contributed by atoms with Gasteiger partial charge in [-0.1, -0.05) is 36.5 Å². The first-order valence-corrected chi connectivity index (χ1v) is 8.15. The third-order valence-corrected chi connectivity index (χ3v) is 4.92. The molecule has 2 fully saturated rings. The van der Waals surface area contributed by atoms with E-state index in [0.29, 0.717) is 0 Å². The molecule has 4 heteroatoms. The fraction of sp³-hybridized carbons (Fsp3) is 0.526. The van der Waals surface area contributed by atoms with Crippen LogP contribution >= 0.6 is 0 Å². The number of rotatable bonds is 4. The molecule has 2 saturated heterocycles. The molecule has 0 aromatic carbocycles. The SMILES string of the molecule is C=C(C)/C=C(\C(C)=CC)C1C(=C)NC2(CCN(OC)CC2)C1=O. The number of hydrogen-bond donors (Lipinski definition) is 1. The maximum atomic E-state index is 13.3. The van der Waals surface area contributed by atoms with Crippen LogP contribution in [0.1, 0.15) is 33.6 Å². The minimum absolute atomic E-state index is 0.229. The number of Topliss-reactive ketones (excluding diaryl/α,β-unsaturated/α-hetero) is 1. The molecule has 0 saturated carbocycles. The Morgan fingerprint density at radius 1 is 1.39 bits per heavy atom. The topological polar surface area (TPSA) is 41.6 Å². The van der Waals surface area contributed by atoms with Gasteiger partial charge < -0.3 is 10.2 Å². The molecule has 126 valence electrons. The lowest BCUT2D eigenvalue weighted by atomic mass is 9.78. The standard InChI is InChI=1S/C19H28N2O2/c1-7-14(4)16(12-13(2)3)17-15(5)20-19(18(17)22)8-10-21(23-6)11-9-19/h7,12,17,20H,2,5,8-11H2,1,3-4,6H3/b14-7?,16-12+. The molecule has 1 unspecified atom stereocenters. The summed E-state index contributed by atoms with van der Waals surface area (Å²) >= 11 is 0. The lowest BCUT2D eigenvalue weighted by Crippen LogP contribution is -2.53. The van der Waals surface area contributed by atoms with Gasteiger partial charge in [0.1, 0.15) is 0 Å². The summed E-state index contributed by atoms with van der Waals surface area (Å²) in [4.78, 5) is 18.5. The van der Waals surface area contributed by atoms with E-state index in [1.807, 2.05) is 38.0 Å². The smallest absolute Gasteiger partial charge is 0.171 e. The Labute approximate surface area is 139 Å². The van der Waals surface area contributed by atoms with Crippen LogP contribution in [0.5, 0.6) is 0 Å². The minimum Gasteiger partial charge on any atom is -0.376 e. The van der Waals surface area contributed by atoms with E-state index in [2.05, 4.69) is 18.5 Å². The molecular formula is C19H28N2O2. The van der Waals surface area contributed by atoms with Crippen LogP contribution in [-0.4, -0.2) is 36.6 Å². The van der Waals surface area contributed by atoms with Crippen molar-refractivity contribution < 1.29 is 9.63 Å². The number of ketones is 1. The average Bonchev–Trinajstić information content (AvgIpc) is 2.76. The minimum atomic E-state index is -0.501. The van der Waals surface area contributed by atoms with E-state index in [0.717, 1.165) is 48.3 Å². The number of allylic oxidation sites excluding steroid dienone is 5. The molecule has 4 nitrogen and oxygen atoms in total. The molecule has 23 heavy (non-hydrogen) atoms. The van der Waals surface area contributed by atoms with Crippen molar-refractivity contribution in [1.82, 2.24) is 10.4 Å². The van der Waals surface area contributed by atoms with Gasteiger partial charge in [0.05, 0.1) is 18.6 Å². The summed E-state index contributed by atoms with van der Waals surface area (Å²) in [5.74, 6) is -0.0658. The van der Waals surface area contributed by atoms with E-state index in [9.17, 15) is 4.79 Å². The highest BCUT2D eigenvalue weighted by Gasteiger charge is 2.51. The molecule has 0 aliphatic carbocycles. The fourth-order valence-corrected chi connectivity index (χ4v) is 3.48. The highest BCUT2D eigenvalue weighted by atomic mass is 16.7. The van der Waals surface area contributed by atoms with Gasteiger partial charge in [0.25, 0.3) is 0 Å². The summed E-state index contributed by atoms with van der Waals surface area (Å²) in [5, 5.41) is 5.32. The van der Waals surface area contributed by atoms with Crippen LogP contribution in [0.2, 0.25) is 0 Å². The maximum Gasteiger partial charge on any atom is 0.171 e. The summed E-state index contributed by atoms with van der Waals surface area (Å²) in [6, 6.07) is 0. The monoisotopic (exact) mass is 316 g/mol. The zero-order chi connectivity index (χ0) is 17.2. The van der Waals surface area contributed by atoms with Gasteiger partial charge in [-0.15, -0.1) is 0 Å². The number of carbonyl (C=O) groups is 1. The fourth-order valence-electron chi connectivity index (χ4n) is 3.48. The van der Waals surface area contributed by atoms with E-state index in [-0.39, 0.29) is 11.7 Å². The number of nitrogens with one attached hydrogen (secondary N) is 1. The first-order chi connectivity index (χ1) is 10.8. The van der Waals surface area contributed by atoms with E-state index >= 15 is 0 Å². The largest absolute Gasteiger partial charge is 0.376 e. The lowest BCUT2D eigenvalue weighted by molar-refractivity contribution is -0.156. The van der Waals surface area contributed by atoms with Gasteiger partial charge in [0, 0.05) is 18.8 Å². The van der Waals surface area contributed by atoms with Crippen LogP contribution in [0.3, 0.4) is 0 Å². The van der Waals surface area contributed by atoms with Gasteiger partial charge in [0.2, 0.25) is 0 Å². The van der Waals surface area contributed by atoms with Gasteiger partial charge >= 0.3 is 0 Å². The second-order valence-corrected chi connectivity index (χ2v) is 6.56. The van der Waals surface area contributed by atoms with Crippen molar-refractivity contribution in [3.8, 4) is 0 Å². The number of hydrogen-bond acceptors (Lipinski definition) is 4. The number of nitrogens with zero attached hydrogens (tertiary/aromatic N) is 1. The number of carbonyl (C=O) groups excluding carboxylic acids is 1. The van der Waals surface area contributed by atoms with Crippen LogP contribution in [0.15, 0.2) is 47.7 Å². The van der Waals surface area contributed by atoms with E-state index in [1.165, 1.54) is 0 Å². The van der Waals surface area contributed by atoms with Gasteiger partial charge in [-0.3, -0.25) is 4.79 Å². The summed E-state index contributed by atoms with van der Waals surface area (Å²) < 4.78 is 0. The molecule has 1 spiro atoms. The Morgan fingerprint density at radius 2 is 2.00 bits per heavy atom. The zero-order valence-corrected chi connectivity index (χ0v) is 14.7. The van der Waals surface area contributed by atoms with Gasteiger partial charge in [-0.25, -0.2) is 0 Å². The second-order valence-electron chi connectivity index (χ2n) is 6.56. The van der Waals surface area contributed by atoms with Crippen LogP contribution < -0.4 is 5.32 Å². The normalized spacial score (nSPS) is 25.8. The van der Waals surface area contributed by atoms with Gasteiger partial charge in [-0.2, -0.15) is 5.06 Å². The highest BCUT2D eigenvalue weighted by Crippen LogP contribution is 2.40. The van der Waals surface area contributed by atoms with Gasteiger partial charge in [-0.05, 0) is 39.2 Å². The number of piperidine rings is 1. The van der Waals surface area contributed by atoms with Crippen LogP contribution in [0.25, 0.3) is 0 Å². The average molecular weight is 316 g/mol. The Hall–Kier alpha value is -1.65. The zero-order valence-electron chi connectivity index (χ0n) is 14.7. The predicted octanol–water partition coefficient (Wildman–Crippen LogP) is 3.15. The van der Waals surface area contributed by atoms with Crippen molar-refractivity contribution >= 4 is 5.78 Å². The summed E-state index contributed by atoms with van der Waals surface area (Å²) in [6.07, 6.45) is 5.52. The van der Waals surface area contributed by atoms with Crippen molar-refractivity contribution in [2.45, 2.75) is 39.2 Å². The molecule has 2 heterocycles. The third kappa shape index (κ3) is 3.33. The Balaban J connectivity index is 2.33. The summed E-state index contributed by atoms with van der Waals surface area (Å²) in [7, 11) is 1.67. The molecule has 0 bridgehead atoms. The van der Waals surface area contributed by atoms with E-state index in [4.69, 9.17) is 4.84 Å². The summed E-state index contributed by atoms with van der Waals surface area (Å²) in [5.41, 5.74) is 3.35. The third-order valence-electron chi connectivity index (χ3n) is 4.92. The van der Waals surface area contributed by atoms with Crippen LogP contribution in [0, 0.1) is 5.92 Å². The Bertz CT molecular complexity index is 578. The Kier molecular flexibility index (Phi) is 5.27. The molecule has 2 rings (SSSR count). The molecule has 0 radical (unpaired) electrons. The van der Waals surface area contributed by atoms with E-state index in [1.54, 1.807) is 7.11 Å². The van der Waals surface area contributed by atoms with Crippen molar-refractivity contribution in [3.63, 3.8) is 0 Å². The molecule has 2 aliphatic heterocycles. The summed E-state index contributed by atoms with van der Waals surface area (Å²) in [6.45, 7) is 15.6. The Morgan fingerprint density at radius 3 is 2.48 bits per heavy atom. The molecule has 1 atom stereocenters. The van der Waals surface area contributed by atoms with Crippen LogP contribution in [0.4, 0.5) is 0 Å². The molecule has 0 amide bonds. The molecule has 0 aromatic heterocycles.